The zero-order valence-corrected chi connectivity index (χ0v) is 15.9. The van der Waals surface area contributed by atoms with Crippen molar-refractivity contribution in [2.45, 2.75) is 44.8 Å². The lowest BCUT2D eigenvalue weighted by Gasteiger charge is -2.15. The topological polar surface area (TPSA) is 69.7 Å². The Bertz CT molecular complexity index is 773. The second-order valence-electron chi connectivity index (χ2n) is 6.62. The van der Waals surface area contributed by atoms with Crippen LogP contribution in [0.4, 0.5) is 0 Å². The first kappa shape index (κ1) is 19.0. The van der Waals surface area contributed by atoms with E-state index in [4.69, 9.17) is 14.2 Å². The zero-order chi connectivity index (χ0) is 19.1. The molecule has 0 radical (unpaired) electrons. The average molecular weight is 370 g/mol. The number of benzene rings is 1. The number of carbonyl (C=O) groups is 1. The smallest absolute Gasteiger partial charge is 0.224 e. The monoisotopic (exact) mass is 370 g/mol. The number of carbonyl (C=O) groups excluding carboxylic acids is 1. The second kappa shape index (κ2) is 9.26. The van der Waals surface area contributed by atoms with Crippen molar-refractivity contribution in [1.82, 2.24) is 10.3 Å². The third kappa shape index (κ3) is 5.12. The van der Waals surface area contributed by atoms with Crippen LogP contribution in [0.15, 0.2) is 36.5 Å². The van der Waals surface area contributed by atoms with Gasteiger partial charge >= 0.3 is 0 Å². The summed E-state index contributed by atoms with van der Waals surface area (Å²) in [7, 11) is 3.19. The molecule has 6 heteroatoms. The third-order valence-corrected chi connectivity index (χ3v) is 4.75. The molecule has 1 amide bonds. The van der Waals surface area contributed by atoms with Gasteiger partial charge in [0.05, 0.1) is 20.6 Å². The zero-order valence-electron chi connectivity index (χ0n) is 15.9. The van der Waals surface area contributed by atoms with Crippen molar-refractivity contribution in [3.8, 4) is 17.4 Å². The molecule has 3 rings (SSSR count). The minimum atomic E-state index is -0.0998. The molecule has 0 bridgehead atoms. The molecule has 0 atom stereocenters. The van der Waals surface area contributed by atoms with Crippen LogP contribution < -0.4 is 19.5 Å². The lowest BCUT2D eigenvalue weighted by Crippen LogP contribution is -2.25. The Balaban J connectivity index is 1.61. The fraction of sp³-hybridized carbons (Fsp3) is 0.429. The van der Waals surface area contributed by atoms with Gasteiger partial charge in [0.15, 0.2) is 0 Å². The van der Waals surface area contributed by atoms with Crippen molar-refractivity contribution in [3.63, 3.8) is 0 Å². The normalized spacial score (nSPS) is 14.0. The minimum absolute atomic E-state index is 0.0998. The first-order valence-corrected chi connectivity index (χ1v) is 9.27. The van der Waals surface area contributed by atoms with Gasteiger partial charge in [0, 0.05) is 23.9 Å². The van der Waals surface area contributed by atoms with Gasteiger partial charge in [-0.05, 0) is 49.9 Å². The highest BCUT2D eigenvalue weighted by atomic mass is 16.5. The fourth-order valence-corrected chi connectivity index (χ4v) is 3.28. The van der Waals surface area contributed by atoms with Gasteiger partial charge < -0.3 is 19.5 Å². The second-order valence-corrected chi connectivity index (χ2v) is 6.62. The number of nitrogens with one attached hydrogen (secondary N) is 1. The van der Waals surface area contributed by atoms with E-state index in [0.717, 1.165) is 24.0 Å². The molecule has 1 fully saturated rings. The van der Waals surface area contributed by atoms with Crippen LogP contribution >= 0.6 is 0 Å². The quantitative estimate of drug-likeness (QED) is 0.772. The minimum Gasteiger partial charge on any atom is -0.497 e. The number of nitrogens with zero attached hydrogens (tertiary/aromatic N) is 1. The molecule has 1 heterocycles. The molecule has 1 aliphatic rings. The Morgan fingerprint density at radius 2 is 1.96 bits per heavy atom. The van der Waals surface area contributed by atoms with Crippen molar-refractivity contribution in [3.05, 3.63) is 47.7 Å². The molecule has 1 aromatic heterocycles. The number of ether oxygens (including phenoxy) is 3. The number of amides is 1. The largest absolute Gasteiger partial charge is 0.497 e. The fourth-order valence-electron chi connectivity index (χ4n) is 3.28. The number of rotatable bonds is 8. The van der Waals surface area contributed by atoms with E-state index < -0.39 is 0 Å². The molecule has 1 saturated carbocycles. The molecule has 1 N–H and O–H groups in total. The molecule has 6 nitrogen and oxygen atoms in total. The van der Waals surface area contributed by atoms with Gasteiger partial charge in [0.2, 0.25) is 11.8 Å². The highest BCUT2D eigenvalue weighted by molar-refractivity contribution is 5.79. The van der Waals surface area contributed by atoms with E-state index in [1.54, 1.807) is 26.5 Å². The van der Waals surface area contributed by atoms with Crippen LogP contribution in [0.3, 0.4) is 0 Å². The van der Waals surface area contributed by atoms with E-state index in [0.29, 0.717) is 23.9 Å². The Hall–Kier alpha value is -2.76. The maximum absolute atomic E-state index is 12.4. The molecule has 1 aromatic carbocycles. The number of hydrogen-bond acceptors (Lipinski definition) is 5. The maximum atomic E-state index is 12.4. The average Bonchev–Trinajstić information content (AvgIpc) is 3.20. The standard InChI is InChI=1S/C21H26N2O4/c1-25-18-9-10-19(26-2)16(12-18)13-20(24)23-14-15-6-5-11-22-21(15)27-17-7-3-4-8-17/h5-6,9-12,17H,3-4,7-8,13-14H2,1-2H3,(H,23,24). The first-order chi connectivity index (χ1) is 13.2. The summed E-state index contributed by atoms with van der Waals surface area (Å²) in [6.07, 6.45) is 6.69. The molecule has 0 unspecified atom stereocenters. The molecule has 27 heavy (non-hydrogen) atoms. The number of methoxy groups -OCH3 is 2. The molecule has 0 spiro atoms. The molecule has 0 aliphatic heterocycles. The van der Waals surface area contributed by atoms with Gasteiger partial charge in [0.1, 0.15) is 17.6 Å². The van der Waals surface area contributed by atoms with Crippen molar-refractivity contribution in [1.29, 1.82) is 0 Å². The summed E-state index contributed by atoms with van der Waals surface area (Å²) in [5, 5.41) is 2.95. The predicted molar refractivity (Wildman–Crippen MR) is 102 cm³/mol. The Morgan fingerprint density at radius 1 is 1.15 bits per heavy atom. The maximum Gasteiger partial charge on any atom is 0.224 e. The molecule has 144 valence electrons. The third-order valence-electron chi connectivity index (χ3n) is 4.75. The van der Waals surface area contributed by atoms with Gasteiger partial charge in [-0.25, -0.2) is 4.98 Å². The van der Waals surface area contributed by atoms with Gasteiger partial charge in [0.25, 0.3) is 0 Å². The van der Waals surface area contributed by atoms with Crippen molar-refractivity contribution in [2.24, 2.45) is 0 Å². The van der Waals surface area contributed by atoms with Crippen LogP contribution in [0, 0.1) is 0 Å². The number of aromatic nitrogens is 1. The van der Waals surface area contributed by atoms with Crippen LogP contribution in [-0.2, 0) is 17.8 Å². The summed E-state index contributed by atoms with van der Waals surface area (Å²) >= 11 is 0. The summed E-state index contributed by atoms with van der Waals surface area (Å²) in [5.41, 5.74) is 1.67. The van der Waals surface area contributed by atoms with Gasteiger partial charge in [-0.3, -0.25) is 4.79 Å². The van der Waals surface area contributed by atoms with Crippen LogP contribution in [-0.4, -0.2) is 31.2 Å². The van der Waals surface area contributed by atoms with Gasteiger partial charge in [-0.1, -0.05) is 6.07 Å². The van der Waals surface area contributed by atoms with Crippen LogP contribution in [0.5, 0.6) is 17.4 Å². The molecular weight excluding hydrogens is 344 g/mol. The van der Waals surface area contributed by atoms with Crippen molar-refractivity contribution in [2.75, 3.05) is 14.2 Å². The first-order valence-electron chi connectivity index (χ1n) is 9.27. The molecule has 1 aliphatic carbocycles. The summed E-state index contributed by atoms with van der Waals surface area (Å²) in [5.74, 6) is 1.87. The van der Waals surface area contributed by atoms with Gasteiger partial charge in [-0.15, -0.1) is 0 Å². The summed E-state index contributed by atoms with van der Waals surface area (Å²) < 4.78 is 16.6. The van der Waals surface area contributed by atoms with E-state index in [1.165, 1.54) is 12.8 Å². The van der Waals surface area contributed by atoms with Crippen LogP contribution in [0.25, 0.3) is 0 Å². The molecule has 0 saturated heterocycles. The van der Waals surface area contributed by atoms with Crippen molar-refractivity contribution >= 4 is 5.91 Å². The summed E-state index contributed by atoms with van der Waals surface area (Å²) in [6, 6.07) is 9.22. The van der Waals surface area contributed by atoms with E-state index in [2.05, 4.69) is 10.3 Å². The van der Waals surface area contributed by atoms with Crippen molar-refractivity contribution < 1.29 is 19.0 Å². The van der Waals surface area contributed by atoms with E-state index in [9.17, 15) is 4.79 Å². The van der Waals surface area contributed by atoms with Crippen LogP contribution in [0.2, 0.25) is 0 Å². The Labute approximate surface area is 159 Å². The van der Waals surface area contributed by atoms with Gasteiger partial charge in [-0.2, -0.15) is 0 Å². The summed E-state index contributed by atoms with van der Waals surface area (Å²) in [6.45, 7) is 0.376. The van der Waals surface area contributed by atoms with E-state index in [-0.39, 0.29) is 18.4 Å². The SMILES string of the molecule is COc1ccc(OC)c(CC(=O)NCc2cccnc2OC2CCCC2)c1. The predicted octanol–water partition coefficient (Wildman–Crippen LogP) is 3.28. The highest BCUT2D eigenvalue weighted by Crippen LogP contribution is 2.26. The molecular formula is C21H26N2O4. The summed E-state index contributed by atoms with van der Waals surface area (Å²) in [4.78, 5) is 16.8. The number of pyridine rings is 1. The van der Waals surface area contributed by atoms with E-state index in [1.807, 2.05) is 24.3 Å². The Morgan fingerprint density at radius 3 is 2.70 bits per heavy atom. The van der Waals surface area contributed by atoms with E-state index >= 15 is 0 Å². The highest BCUT2D eigenvalue weighted by Gasteiger charge is 2.19. The Kier molecular flexibility index (Phi) is 6.52. The molecule has 2 aromatic rings. The number of hydrogen-bond donors (Lipinski definition) is 1. The van der Waals surface area contributed by atoms with Crippen LogP contribution in [0.1, 0.15) is 36.8 Å². The lowest BCUT2D eigenvalue weighted by atomic mass is 10.1. The lowest BCUT2D eigenvalue weighted by molar-refractivity contribution is -0.120.